The summed E-state index contributed by atoms with van der Waals surface area (Å²) in [6.45, 7) is 1.50. The highest BCUT2D eigenvalue weighted by atomic mass is 32.2. The van der Waals surface area contributed by atoms with Crippen molar-refractivity contribution in [3.8, 4) is 11.5 Å². The maximum atomic E-state index is 13.0. The average Bonchev–Trinajstić information content (AvgIpc) is 3.05. The van der Waals surface area contributed by atoms with Gasteiger partial charge in [0, 0.05) is 24.6 Å². The number of alkyl halides is 3. The van der Waals surface area contributed by atoms with E-state index in [9.17, 15) is 31.5 Å². The molecule has 1 N–H and O–H groups in total. The van der Waals surface area contributed by atoms with Crippen molar-refractivity contribution in [3.63, 3.8) is 0 Å². The van der Waals surface area contributed by atoms with Crippen LogP contribution in [0.15, 0.2) is 12.1 Å². The molecule has 2 saturated carbocycles. The third kappa shape index (κ3) is 2.70. The minimum atomic E-state index is -5.92. The van der Waals surface area contributed by atoms with E-state index in [2.05, 4.69) is 9.08 Å². The lowest BCUT2D eigenvalue weighted by atomic mass is 9.49. The molecule has 1 saturated heterocycles. The Hall–Kier alpha value is -1.85. The molecule has 2 aliphatic heterocycles. The summed E-state index contributed by atoms with van der Waals surface area (Å²) in [7, 11) is -5.92. The van der Waals surface area contributed by atoms with Crippen molar-refractivity contribution in [3.05, 3.63) is 23.3 Å². The second kappa shape index (κ2) is 6.63. The summed E-state index contributed by atoms with van der Waals surface area (Å²) in [5.74, 6) is -0.409. The summed E-state index contributed by atoms with van der Waals surface area (Å²) < 4.78 is 72.7. The maximum absolute atomic E-state index is 13.0. The molecule has 7 nitrogen and oxygen atoms in total. The minimum Gasteiger partial charge on any atom is -0.477 e. The molecule has 0 unspecified atom stereocenters. The number of ketones is 1. The summed E-state index contributed by atoms with van der Waals surface area (Å²) >= 11 is 0. The normalized spacial score (nSPS) is 35.6. The molecule has 0 amide bonds. The number of Topliss-reactive ketones (excluding diaryl/α,β-unsaturated/α-hetero) is 1. The Morgan fingerprint density at radius 1 is 1.24 bits per heavy atom. The van der Waals surface area contributed by atoms with Crippen LogP contribution in [0.1, 0.15) is 49.7 Å². The number of nitrogens with zero attached hydrogens (tertiary/aromatic N) is 1. The van der Waals surface area contributed by atoms with Gasteiger partial charge in [0.2, 0.25) is 0 Å². The van der Waals surface area contributed by atoms with Gasteiger partial charge in [-0.25, -0.2) is 0 Å². The van der Waals surface area contributed by atoms with Gasteiger partial charge < -0.3 is 14.0 Å². The van der Waals surface area contributed by atoms with Crippen LogP contribution in [0, 0.1) is 5.92 Å². The van der Waals surface area contributed by atoms with Gasteiger partial charge in [-0.2, -0.15) is 21.6 Å². The SMILES string of the molecule is O=C1CC[C@@]2(O)[C@H]3Cc4ccc(OS(=O)(=O)C(F)(F)F)c5c4[C@@]2(CCN3CC2CCC2)[C@H]1O5. The van der Waals surface area contributed by atoms with Crippen molar-refractivity contribution < 1.29 is 40.4 Å². The molecule has 2 heterocycles. The Morgan fingerprint density at radius 3 is 2.67 bits per heavy atom. The van der Waals surface area contributed by atoms with Crippen LogP contribution in [0.4, 0.5) is 13.2 Å². The van der Waals surface area contributed by atoms with E-state index < -0.39 is 38.5 Å². The first kappa shape index (κ1) is 21.7. The predicted molar refractivity (Wildman–Crippen MR) is 108 cm³/mol. The molecule has 180 valence electrons. The van der Waals surface area contributed by atoms with Crippen molar-refractivity contribution in [2.24, 2.45) is 5.92 Å². The molecular weight excluding hydrogens is 463 g/mol. The summed E-state index contributed by atoms with van der Waals surface area (Å²) in [5, 5.41) is 12.1. The lowest BCUT2D eigenvalue weighted by Gasteiger charge is -2.63. The third-order valence-electron chi connectivity index (χ3n) is 8.55. The van der Waals surface area contributed by atoms with E-state index in [-0.39, 0.29) is 30.4 Å². The predicted octanol–water partition coefficient (Wildman–Crippen LogP) is 2.44. The Balaban J connectivity index is 1.48. The second-order valence-corrected chi connectivity index (χ2v) is 11.6. The number of piperidine rings is 1. The maximum Gasteiger partial charge on any atom is 0.534 e. The Bertz CT molecular complexity index is 1150. The molecule has 0 aromatic heterocycles. The van der Waals surface area contributed by atoms with E-state index in [1.807, 2.05) is 0 Å². The van der Waals surface area contributed by atoms with Gasteiger partial charge in [0.15, 0.2) is 23.4 Å². The highest BCUT2D eigenvalue weighted by molar-refractivity contribution is 7.88. The molecule has 1 aromatic rings. The molecular formula is C22H24F3NO6S. The highest BCUT2D eigenvalue weighted by Gasteiger charge is 2.73. The molecule has 3 aliphatic carbocycles. The Kier molecular flexibility index (Phi) is 4.35. The van der Waals surface area contributed by atoms with Crippen LogP contribution < -0.4 is 8.92 Å². The molecule has 6 rings (SSSR count). The number of aliphatic hydroxyl groups is 1. The fourth-order valence-electron chi connectivity index (χ4n) is 6.86. The van der Waals surface area contributed by atoms with Crippen LogP contribution in [0.3, 0.4) is 0 Å². The van der Waals surface area contributed by atoms with Crippen molar-refractivity contribution >= 4 is 15.9 Å². The number of benzene rings is 1. The first-order chi connectivity index (χ1) is 15.5. The summed E-state index contributed by atoms with van der Waals surface area (Å²) in [5.41, 5.74) is -6.82. The smallest absolute Gasteiger partial charge is 0.477 e. The van der Waals surface area contributed by atoms with E-state index in [4.69, 9.17) is 4.74 Å². The molecule has 5 aliphatic rings. The zero-order chi connectivity index (χ0) is 23.4. The Morgan fingerprint density at radius 2 is 2.00 bits per heavy atom. The van der Waals surface area contributed by atoms with Crippen LogP contribution in [0.2, 0.25) is 0 Å². The molecule has 1 spiro atoms. The molecule has 2 bridgehead atoms. The van der Waals surface area contributed by atoms with E-state index in [1.165, 1.54) is 6.42 Å². The van der Waals surface area contributed by atoms with Gasteiger partial charge in [-0.3, -0.25) is 9.69 Å². The largest absolute Gasteiger partial charge is 0.534 e. The van der Waals surface area contributed by atoms with Gasteiger partial charge in [-0.1, -0.05) is 12.5 Å². The number of carbonyl (C=O) groups is 1. The highest BCUT2D eigenvalue weighted by Crippen LogP contribution is 2.65. The molecule has 1 aromatic carbocycles. The fourth-order valence-corrected chi connectivity index (χ4v) is 7.32. The van der Waals surface area contributed by atoms with Gasteiger partial charge in [-0.15, -0.1) is 0 Å². The van der Waals surface area contributed by atoms with Gasteiger partial charge in [0.1, 0.15) is 0 Å². The van der Waals surface area contributed by atoms with E-state index in [0.717, 1.165) is 31.0 Å². The summed E-state index contributed by atoms with van der Waals surface area (Å²) in [6, 6.07) is 2.47. The first-order valence-corrected chi connectivity index (χ1v) is 12.7. The topological polar surface area (TPSA) is 93.1 Å². The summed E-state index contributed by atoms with van der Waals surface area (Å²) in [6.07, 6.45) is 3.63. The van der Waals surface area contributed by atoms with Crippen molar-refractivity contribution in [2.75, 3.05) is 13.1 Å². The number of halogens is 3. The third-order valence-corrected chi connectivity index (χ3v) is 9.52. The van der Waals surface area contributed by atoms with Crippen LogP contribution in [0.5, 0.6) is 11.5 Å². The van der Waals surface area contributed by atoms with Gasteiger partial charge >= 0.3 is 15.6 Å². The average molecular weight is 487 g/mol. The Labute approximate surface area is 189 Å². The monoisotopic (exact) mass is 487 g/mol. The van der Waals surface area contributed by atoms with E-state index in [0.29, 0.717) is 30.9 Å². The summed E-state index contributed by atoms with van der Waals surface area (Å²) in [4.78, 5) is 15.3. The molecule has 11 heteroatoms. The molecule has 4 atom stereocenters. The van der Waals surface area contributed by atoms with Crippen molar-refractivity contribution in [1.29, 1.82) is 0 Å². The van der Waals surface area contributed by atoms with Crippen LogP contribution >= 0.6 is 0 Å². The molecule has 0 radical (unpaired) electrons. The number of likely N-dealkylation sites (tertiary alicyclic amines) is 1. The first-order valence-electron chi connectivity index (χ1n) is 11.3. The van der Waals surface area contributed by atoms with Crippen LogP contribution in [-0.4, -0.2) is 60.6 Å². The lowest BCUT2D eigenvalue weighted by Crippen LogP contribution is -2.76. The minimum absolute atomic E-state index is 0.0943. The second-order valence-electron chi connectivity index (χ2n) is 10.0. The number of carbonyl (C=O) groups excluding carboxylic acids is 1. The van der Waals surface area contributed by atoms with E-state index in [1.54, 1.807) is 6.07 Å². The molecule has 3 fully saturated rings. The quantitative estimate of drug-likeness (QED) is 0.515. The van der Waals surface area contributed by atoms with Crippen molar-refractivity contribution in [2.45, 2.75) is 73.6 Å². The number of rotatable bonds is 4. The van der Waals surface area contributed by atoms with E-state index >= 15 is 0 Å². The zero-order valence-electron chi connectivity index (χ0n) is 17.7. The zero-order valence-corrected chi connectivity index (χ0v) is 18.5. The van der Waals surface area contributed by atoms with Gasteiger partial charge in [0.25, 0.3) is 0 Å². The van der Waals surface area contributed by atoms with Crippen LogP contribution in [0.25, 0.3) is 0 Å². The number of hydrogen-bond donors (Lipinski definition) is 1. The standard InChI is InChI=1S/C22H24F3NO6S/c23-22(24,25)33(29,30)32-15-5-4-13-10-16-21(28)7-6-14(27)19-20(21,17(13)18(15)31-19)8-9-26(16)11-12-2-1-3-12/h4-5,12,16,19,28H,1-3,6-11H2/t16-,19+,20+,21-/m1/s1. The number of ether oxygens (including phenoxy) is 1. The van der Waals surface area contributed by atoms with Gasteiger partial charge in [-0.05, 0) is 56.2 Å². The molecule has 33 heavy (non-hydrogen) atoms. The number of hydrogen-bond acceptors (Lipinski definition) is 7. The van der Waals surface area contributed by atoms with Crippen LogP contribution in [-0.2, 0) is 26.7 Å². The fraction of sp³-hybridized carbons (Fsp3) is 0.682. The van der Waals surface area contributed by atoms with Gasteiger partial charge in [0.05, 0.1) is 11.0 Å². The lowest BCUT2D eigenvalue weighted by molar-refractivity contribution is -0.190. The van der Waals surface area contributed by atoms with Crippen molar-refractivity contribution in [1.82, 2.24) is 4.90 Å².